The Balaban J connectivity index is 1.81. The maximum Gasteiger partial charge on any atom is 0.258 e. The van der Waals surface area contributed by atoms with Crippen LogP contribution in [0.5, 0.6) is 0 Å². The number of benzene rings is 1. The molecule has 0 amide bonds. The lowest BCUT2D eigenvalue weighted by atomic mass is 9.87. The fourth-order valence-corrected chi connectivity index (χ4v) is 3.64. The van der Waals surface area contributed by atoms with Gasteiger partial charge in [0.2, 0.25) is 5.79 Å². The first-order valence-electron chi connectivity index (χ1n) is 7.68. The molecular weight excluding hydrogens is 284 g/mol. The van der Waals surface area contributed by atoms with Gasteiger partial charge in [0.05, 0.1) is 7.11 Å². The molecule has 118 valence electrons. The van der Waals surface area contributed by atoms with Gasteiger partial charge < -0.3 is 14.2 Å². The van der Waals surface area contributed by atoms with Gasteiger partial charge in [-0.3, -0.25) is 0 Å². The number of hydrogen-bond donors (Lipinski definition) is 0. The minimum absolute atomic E-state index is 0.408. The summed E-state index contributed by atoms with van der Waals surface area (Å²) in [5.74, 6) is -0.979. The third-order valence-corrected chi connectivity index (χ3v) is 4.79. The first-order valence-corrected chi connectivity index (χ1v) is 7.68. The Bertz CT molecular complexity index is 605. The largest absolute Gasteiger partial charge is 0.496 e. The van der Waals surface area contributed by atoms with Gasteiger partial charge in [-0.2, -0.15) is 9.78 Å². The Morgan fingerprint density at radius 2 is 1.86 bits per heavy atom. The third-order valence-electron chi connectivity index (χ3n) is 4.79. The average molecular weight is 304 g/mol. The summed E-state index contributed by atoms with van der Waals surface area (Å²) in [6.07, 6.45) is 5.34. The van der Waals surface area contributed by atoms with E-state index < -0.39 is 17.7 Å². The van der Waals surface area contributed by atoms with E-state index in [9.17, 15) is 0 Å². The molecule has 2 atom stereocenters. The smallest absolute Gasteiger partial charge is 0.258 e. The molecule has 1 spiro atoms. The Morgan fingerprint density at radius 3 is 2.59 bits per heavy atom. The van der Waals surface area contributed by atoms with Crippen LogP contribution >= 0.6 is 0 Å². The zero-order valence-electron chi connectivity index (χ0n) is 12.8. The van der Waals surface area contributed by atoms with Crippen molar-refractivity contribution >= 4 is 5.76 Å². The molecule has 1 heterocycles. The fourth-order valence-electron chi connectivity index (χ4n) is 3.64. The van der Waals surface area contributed by atoms with Gasteiger partial charge in [-0.05, 0) is 18.9 Å². The van der Waals surface area contributed by atoms with Crippen molar-refractivity contribution in [2.75, 3.05) is 14.2 Å². The molecule has 5 nitrogen and oxygen atoms in total. The van der Waals surface area contributed by atoms with Crippen molar-refractivity contribution in [2.24, 2.45) is 0 Å². The third kappa shape index (κ3) is 1.86. The van der Waals surface area contributed by atoms with E-state index in [-0.39, 0.29) is 0 Å². The predicted octanol–water partition coefficient (Wildman–Crippen LogP) is 3.10. The highest BCUT2D eigenvalue weighted by Crippen LogP contribution is 2.50. The summed E-state index contributed by atoms with van der Waals surface area (Å²) in [5, 5.41) is 0. The van der Waals surface area contributed by atoms with Crippen LogP contribution in [-0.4, -0.2) is 26.1 Å². The van der Waals surface area contributed by atoms with Crippen LogP contribution in [0.2, 0.25) is 0 Å². The molecule has 2 aliphatic carbocycles. The molecule has 0 N–H and O–H groups in total. The van der Waals surface area contributed by atoms with Gasteiger partial charge in [-0.1, -0.05) is 24.3 Å². The van der Waals surface area contributed by atoms with Crippen LogP contribution in [0, 0.1) is 0 Å². The summed E-state index contributed by atoms with van der Waals surface area (Å²) in [4.78, 5) is 11.5. The van der Waals surface area contributed by atoms with E-state index in [2.05, 4.69) is 0 Å². The van der Waals surface area contributed by atoms with E-state index in [1.165, 1.54) is 0 Å². The van der Waals surface area contributed by atoms with Gasteiger partial charge in [0.15, 0.2) is 0 Å². The van der Waals surface area contributed by atoms with Gasteiger partial charge >= 0.3 is 0 Å². The van der Waals surface area contributed by atoms with Crippen molar-refractivity contribution in [3.8, 4) is 0 Å². The maximum atomic E-state index is 6.29. The molecular formula is C17H20O5. The van der Waals surface area contributed by atoms with Crippen LogP contribution in [0.4, 0.5) is 0 Å². The van der Waals surface area contributed by atoms with Crippen molar-refractivity contribution in [3.63, 3.8) is 0 Å². The molecule has 1 saturated carbocycles. The Kier molecular flexibility index (Phi) is 3.27. The number of fused-ring (bicyclic) bond motifs is 3. The molecule has 22 heavy (non-hydrogen) atoms. The highest BCUT2D eigenvalue weighted by Gasteiger charge is 2.57. The van der Waals surface area contributed by atoms with Gasteiger partial charge in [0.25, 0.3) is 5.79 Å². The summed E-state index contributed by atoms with van der Waals surface area (Å²) >= 11 is 0. The van der Waals surface area contributed by atoms with Crippen LogP contribution < -0.4 is 0 Å². The van der Waals surface area contributed by atoms with Crippen molar-refractivity contribution in [1.82, 2.24) is 0 Å². The molecule has 1 aliphatic heterocycles. The van der Waals surface area contributed by atoms with Crippen LogP contribution in [0.1, 0.15) is 36.8 Å². The van der Waals surface area contributed by atoms with Crippen molar-refractivity contribution in [1.29, 1.82) is 0 Å². The van der Waals surface area contributed by atoms with E-state index in [1.807, 2.05) is 30.3 Å². The van der Waals surface area contributed by atoms with E-state index in [0.29, 0.717) is 0 Å². The van der Waals surface area contributed by atoms with Crippen LogP contribution in [0.25, 0.3) is 5.76 Å². The molecule has 1 aromatic carbocycles. The molecule has 2 fully saturated rings. The molecule has 4 rings (SSSR count). The normalized spacial score (nSPS) is 32.3. The molecule has 1 aromatic rings. The summed E-state index contributed by atoms with van der Waals surface area (Å²) < 4.78 is 17.6. The predicted molar refractivity (Wildman–Crippen MR) is 78.4 cm³/mol. The highest BCUT2D eigenvalue weighted by atomic mass is 17.3. The number of ether oxygens (including phenoxy) is 3. The van der Waals surface area contributed by atoms with Crippen molar-refractivity contribution in [3.05, 3.63) is 41.5 Å². The molecule has 0 unspecified atom stereocenters. The zero-order chi connectivity index (χ0) is 15.2. The first-order chi connectivity index (χ1) is 10.7. The summed E-state index contributed by atoms with van der Waals surface area (Å²) in [6.45, 7) is 0. The summed E-state index contributed by atoms with van der Waals surface area (Å²) in [5.41, 5.74) is 1.78. The Labute approximate surface area is 129 Å². The fraction of sp³-hybridized carbons (Fsp3) is 0.529. The maximum absolute atomic E-state index is 6.29. The van der Waals surface area contributed by atoms with Crippen LogP contribution in [0.3, 0.4) is 0 Å². The SMILES string of the molecule is COC1=C[C@@H]2OC3(CCCC3)OO[C@]2(OC)c2ccccc21. The molecule has 0 bridgehead atoms. The highest BCUT2D eigenvalue weighted by molar-refractivity contribution is 5.67. The Hall–Kier alpha value is -1.40. The molecule has 0 aromatic heterocycles. The molecule has 5 heteroatoms. The summed E-state index contributed by atoms with van der Waals surface area (Å²) in [6, 6.07) is 7.83. The lowest BCUT2D eigenvalue weighted by Crippen LogP contribution is -2.57. The van der Waals surface area contributed by atoms with E-state index in [0.717, 1.165) is 42.6 Å². The quantitative estimate of drug-likeness (QED) is 0.786. The minimum atomic E-state index is -1.09. The molecule has 3 aliphatic rings. The average Bonchev–Trinajstić information content (AvgIpc) is 3.02. The van der Waals surface area contributed by atoms with Gasteiger partial charge in [0, 0.05) is 31.1 Å². The topological polar surface area (TPSA) is 46.2 Å². The van der Waals surface area contributed by atoms with E-state index >= 15 is 0 Å². The van der Waals surface area contributed by atoms with E-state index in [4.69, 9.17) is 24.0 Å². The second kappa shape index (κ2) is 5.06. The van der Waals surface area contributed by atoms with Gasteiger partial charge in [-0.15, -0.1) is 0 Å². The number of methoxy groups -OCH3 is 2. The van der Waals surface area contributed by atoms with Crippen molar-refractivity contribution < 1.29 is 24.0 Å². The second-order valence-electron chi connectivity index (χ2n) is 5.98. The summed E-state index contributed by atoms with van der Waals surface area (Å²) in [7, 11) is 3.27. The first kappa shape index (κ1) is 14.2. The second-order valence-corrected chi connectivity index (χ2v) is 5.98. The zero-order valence-corrected chi connectivity index (χ0v) is 12.8. The van der Waals surface area contributed by atoms with Crippen molar-refractivity contribution in [2.45, 2.75) is 43.4 Å². The molecule has 1 saturated heterocycles. The standard InChI is InChI=1S/C17H20O5/c1-18-14-11-15-17(19-2,13-8-4-3-7-12(13)14)22-21-16(20-15)9-5-6-10-16/h3-4,7-8,11,15H,5-6,9-10H2,1-2H3/t15-,17+/m0/s1. The number of hydrogen-bond acceptors (Lipinski definition) is 5. The van der Waals surface area contributed by atoms with Gasteiger partial charge in [-0.25, -0.2) is 0 Å². The van der Waals surface area contributed by atoms with Gasteiger partial charge in [0.1, 0.15) is 11.9 Å². The number of rotatable bonds is 2. The van der Waals surface area contributed by atoms with Crippen LogP contribution in [-0.2, 0) is 29.8 Å². The van der Waals surface area contributed by atoms with Crippen LogP contribution in [0.15, 0.2) is 30.3 Å². The Morgan fingerprint density at radius 1 is 1.09 bits per heavy atom. The lowest BCUT2D eigenvalue weighted by Gasteiger charge is -2.48. The van der Waals surface area contributed by atoms with E-state index in [1.54, 1.807) is 14.2 Å². The minimum Gasteiger partial charge on any atom is -0.496 e. The monoisotopic (exact) mass is 304 g/mol. The molecule has 0 radical (unpaired) electrons. The lowest BCUT2D eigenvalue weighted by molar-refractivity contribution is -0.567.